The summed E-state index contributed by atoms with van der Waals surface area (Å²) in [6.07, 6.45) is 2.06. The normalized spacial score (nSPS) is 18.6. The van der Waals surface area contributed by atoms with Crippen molar-refractivity contribution >= 4 is 35.4 Å². The number of hydrogen-bond donors (Lipinski definition) is 2. The van der Waals surface area contributed by atoms with Gasteiger partial charge in [0.1, 0.15) is 29.8 Å². The second kappa shape index (κ2) is 20.6. The molecular weight excluding hydrogens is 775 g/mol. The average Bonchev–Trinajstić information content (AvgIpc) is 3.67. The Morgan fingerprint density at radius 3 is 2.34 bits per heavy atom. The van der Waals surface area contributed by atoms with Crippen LogP contribution >= 0.6 is 11.6 Å². The van der Waals surface area contributed by atoms with E-state index in [0.717, 1.165) is 68.7 Å². The van der Waals surface area contributed by atoms with Gasteiger partial charge in [0.25, 0.3) is 0 Å². The molecule has 3 saturated heterocycles. The van der Waals surface area contributed by atoms with Crippen LogP contribution < -0.4 is 20.3 Å². The summed E-state index contributed by atoms with van der Waals surface area (Å²) >= 11 is 6.51. The van der Waals surface area contributed by atoms with Crippen LogP contribution in [0.5, 0.6) is 5.75 Å². The number of hydrogen-bond acceptors (Lipinski definition) is 9. The van der Waals surface area contributed by atoms with E-state index in [9.17, 15) is 18.8 Å². The molecule has 3 aromatic rings. The number of nitrogens with zero attached hydrogens (tertiary/aromatic N) is 4. The van der Waals surface area contributed by atoms with Crippen molar-refractivity contribution in [2.75, 3.05) is 70.4 Å². The third-order valence-corrected chi connectivity index (χ3v) is 11.5. The van der Waals surface area contributed by atoms with E-state index in [1.54, 1.807) is 12.1 Å². The Morgan fingerprint density at radius 1 is 0.881 bits per heavy atom. The van der Waals surface area contributed by atoms with E-state index >= 15 is 0 Å². The number of benzene rings is 3. The SMILES string of the molecule is CCOc1cccc(F)c1CN1CCN(C(=O)[C@H](NC(=O)OCc2ccccc2)C2CCN(CCc3cc(Cl)ccc3N3CC[C@@H](NC(=O)OC(C)(C)C)C3)CC2)CC1. The highest BCUT2D eigenvalue weighted by Crippen LogP contribution is 2.30. The van der Waals surface area contributed by atoms with Gasteiger partial charge in [-0.25, -0.2) is 14.0 Å². The molecule has 0 unspecified atom stereocenters. The third-order valence-electron chi connectivity index (χ3n) is 11.3. The van der Waals surface area contributed by atoms with Crippen LogP contribution in [0.2, 0.25) is 5.02 Å². The summed E-state index contributed by atoms with van der Waals surface area (Å²) in [6, 6.07) is 19.6. The molecule has 0 spiro atoms. The molecule has 12 nitrogen and oxygen atoms in total. The first kappa shape index (κ1) is 44.0. The molecule has 3 aliphatic rings. The maximum Gasteiger partial charge on any atom is 0.408 e. The number of carbonyl (C=O) groups excluding carboxylic acids is 3. The van der Waals surface area contributed by atoms with Crippen LogP contribution in [-0.2, 0) is 33.8 Å². The van der Waals surface area contributed by atoms with E-state index in [1.165, 1.54) is 6.07 Å². The van der Waals surface area contributed by atoms with Crippen molar-refractivity contribution < 1.29 is 33.0 Å². The largest absolute Gasteiger partial charge is 0.493 e. The summed E-state index contributed by atoms with van der Waals surface area (Å²) in [6.45, 7) is 14.3. The van der Waals surface area contributed by atoms with E-state index in [0.29, 0.717) is 62.2 Å². The summed E-state index contributed by atoms with van der Waals surface area (Å²) in [4.78, 5) is 48.6. The van der Waals surface area contributed by atoms with Crippen molar-refractivity contribution in [1.29, 1.82) is 0 Å². The lowest BCUT2D eigenvalue weighted by atomic mass is 9.88. The van der Waals surface area contributed by atoms with Gasteiger partial charge in [-0.15, -0.1) is 0 Å². The van der Waals surface area contributed by atoms with Crippen molar-refractivity contribution in [2.24, 2.45) is 5.92 Å². The maximum absolute atomic E-state index is 14.8. The predicted octanol–water partition coefficient (Wildman–Crippen LogP) is 6.88. The Bertz CT molecular complexity index is 1870. The zero-order chi connectivity index (χ0) is 41.9. The number of piperidine rings is 1. The molecule has 0 aliphatic carbocycles. The van der Waals surface area contributed by atoms with Gasteiger partial charge in [-0.05, 0) is 114 Å². The lowest BCUT2D eigenvalue weighted by Crippen LogP contribution is -2.58. The van der Waals surface area contributed by atoms with Crippen molar-refractivity contribution in [1.82, 2.24) is 25.3 Å². The van der Waals surface area contributed by atoms with Crippen molar-refractivity contribution in [3.8, 4) is 5.75 Å². The third kappa shape index (κ3) is 12.7. The molecule has 59 heavy (non-hydrogen) atoms. The van der Waals surface area contributed by atoms with Crippen molar-refractivity contribution in [3.63, 3.8) is 0 Å². The second-order valence-electron chi connectivity index (χ2n) is 16.7. The second-order valence-corrected chi connectivity index (χ2v) is 17.2. The number of piperazine rings is 1. The Morgan fingerprint density at radius 2 is 1.63 bits per heavy atom. The number of likely N-dealkylation sites (tertiary alicyclic amines) is 1. The first-order valence-electron chi connectivity index (χ1n) is 21.0. The fourth-order valence-electron chi connectivity index (χ4n) is 8.23. The minimum atomic E-state index is -0.736. The van der Waals surface area contributed by atoms with Gasteiger partial charge < -0.3 is 39.5 Å². The van der Waals surface area contributed by atoms with Crippen LogP contribution in [0.4, 0.5) is 19.7 Å². The molecule has 14 heteroatoms. The van der Waals surface area contributed by atoms with E-state index in [2.05, 4.69) is 31.4 Å². The van der Waals surface area contributed by atoms with Crippen LogP contribution in [0.3, 0.4) is 0 Å². The van der Waals surface area contributed by atoms with Crippen molar-refractivity contribution in [2.45, 2.75) is 84.2 Å². The lowest BCUT2D eigenvalue weighted by molar-refractivity contribution is -0.137. The monoisotopic (exact) mass is 834 g/mol. The molecule has 2 atom stereocenters. The van der Waals surface area contributed by atoms with Crippen LogP contribution in [0.1, 0.15) is 63.6 Å². The maximum atomic E-state index is 14.8. The fourth-order valence-corrected chi connectivity index (χ4v) is 8.42. The topological polar surface area (TPSA) is 116 Å². The van der Waals surface area contributed by atoms with Gasteiger partial charge in [0.05, 0.1) is 12.6 Å². The number of amides is 3. The Labute approximate surface area is 353 Å². The lowest BCUT2D eigenvalue weighted by Gasteiger charge is -2.40. The number of carbonyl (C=O) groups is 3. The molecule has 0 radical (unpaired) electrons. The molecule has 0 saturated carbocycles. The average molecular weight is 835 g/mol. The molecule has 3 heterocycles. The van der Waals surface area contributed by atoms with Crippen molar-refractivity contribution in [3.05, 3.63) is 94.3 Å². The van der Waals surface area contributed by atoms with Gasteiger partial charge in [0, 0.05) is 68.6 Å². The summed E-state index contributed by atoms with van der Waals surface area (Å²) in [5.41, 5.74) is 3.09. The Balaban J connectivity index is 1.05. The van der Waals surface area contributed by atoms with Gasteiger partial charge in [-0.3, -0.25) is 9.69 Å². The molecule has 3 fully saturated rings. The van der Waals surface area contributed by atoms with Gasteiger partial charge in [0.15, 0.2) is 0 Å². The Hall–Kier alpha value is -4.59. The quantitative estimate of drug-likeness (QED) is 0.180. The molecule has 3 amide bonds. The summed E-state index contributed by atoms with van der Waals surface area (Å²) in [5, 5.41) is 6.67. The predicted molar refractivity (Wildman–Crippen MR) is 227 cm³/mol. The molecule has 320 valence electrons. The van der Waals surface area contributed by atoms with Crippen LogP contribution in [0.15, 0.2) is 66.7 Å². The number of halogens is 2. The number of alkyl carbamates (subject to hydrolysis) is 2. The van der Waals surface area contributed by atoms with E-state index in [4.69, 9.17) is 25.8 Å². The molecule has 0 bridgehead atoms. The van der Waals surface area contributed by atoms with Gasteiger partial charge in [-0.1, -0.05) is 48.0 Å². The smallest absolute Gasteiger partial charge is 0.408 e. The summed E-state index contributed by atoms with van der Waals surface area (Å²) < 4.78 is 31.6. The number of ether oxygens (including phenoxy) is 3. The number of anilines is 1. The molecule has 6 rings (SSSR count). The number of nitrogens with one attached hydrogen (secondary N) is 2. The standard InChI is InChI=1S/C45H60ClFN6O6/c1-5-57-40-13-9-12-38(47)37(40)30-51-24-26-52(27-25-51)42(54)41(49-43(55)58-31-32-10-7-6-8-11-32)33-16-20-50(21-17-33)22-18-34-28-35(46)14-15-39(34)53-23-19-36(29-53)48-44(56)59-45(2,3)4/h6-15,28,33,36,41H,5,16-27,29-31H2,1-4H3,(H,48,56)(H,49,55)/t36-,41-/m1/s1. The highest BCUT2D eigenvalue weighted by Gasteiger charge is 2.37. The molecule has 0 aromatic heterocycles. The van der Waals surface area contributed by atoms with Gasteiger partial charge >= 0.3 is 12.2 Å². The van der Waals surface area contributed by atoms with Crippen LogP contribution in [0.25, 0.3) is 0 Å². The Kier molecular flexibility index (Phi) is 15.3. The molecule has 2 N–H and O–H groups in total. The summed E-state index contributed by atoms with van der Waals surface area (Å²) in [5.74, 6) is 0.0443. The highest BCUT2D eigenvalue weighted by molar-refractivity contribution is 6.30. The molecule has 3 aromatic carbocycles. The minimum Gasteiger partial charge on any atom is -0.493 e. The van der Waals surface area contributed by atoms with E-state index in [1.807, 2.05) is 75.1 Å². The zero-order valence-corrected chi connectivity index (χ0v) is 35.6. The van der Waals surface area contributed by atoms with E-state index in [-0.39, 0.29) is 30.3 Å². The van der Waals surface area contributed by atoms with Crippen LogP contribution in [0, 0.1) is 11.7 Å². The molecule has 3 aliphatic heterocycles. The number of rotatable bonds is 14. The minimum absolute atomic E-state index is 0.0103. The highest BCUT2D eigenvalue weighted by atomic mass is 35.5. The van der Waals surface area contributed by atoms with E-state index < -0.39 is 23.8 Å². The van der Waals surface area contributed by atoms with Gasteiger partial charge in [0.2, 0.25) is 5.91 Å². The fraction of sp³-hybridized carbons (Fsp3) is 0.533. The van der Waals surface area contributed by atoms with Gasteiger partial charge in [-0.2, -0.15) is 0 Å². The first-order valence-corrected chi connectivity index (χ1v) is 21.4. The molecular formula is C45H60ClFN6O6. The first-order chi connectivity index (χ1) is 28.3. The zero-order valence-electron chi connectivity index (χ0n) is 34.9. The summed E-state index contributed by atoms with van der Waals surface area (Å²) in [7, 11) is 0. The van der Waals surface area contributed by atoms with Crippen LogP contribution in [-0.4, -0.2) is 116 Å².